The first kappa shape index (κ1) is 12.3. The predicted octanol–water partition coefficient (Wildman–Crippen LogP) is 2.75. The van der Waals surface area contributed by atoms with Gasteiger partial charge < -0.3 is 0 Å². The maximum atomic E-state index is 11.6. The minimum atomic E-state index is 0.166. The third-order valence-corrected chi connectivity index (χ3v) is 4.02. The van der Waals surface area contributed by atoms with Crippen LogP contribution in [0.5, 0.6) is 0 Å². The second kappa shape index (κ2) is 5.13. The SMILES string of the molecule is CCC(=O)c1ccc(Sc2nnnn2C2CC2)cc1. The van der Waals surface area contributed by atoms with Gasteiger partial charge in [0.25, 0.3) is 0 Å². The number of carbonyl (C=O) groups excluding carboxylic acids is 1. The highest BCUT2D eigenvalue weighted by molar-refractivity contribution is 7.99. The molecule has 0 atom stereocenters. The average molecular weight is 274 g/mol. The van der Waals surface area contributed by atoms with E-state index in [0.29, 0.717) is 12.5 Å². The van der Waals surface area contributed by atoms with Crippen LogP contribution in [0.3, 0.4) is 0 Å². The highest BCUT2D eigenvalue weighted by Crippen LogP contribution is 2.37. The lowest BCUT2D eigenvalue weighted by atomic mass is 10.1. The fraction of sp³-hybridized carbons (Fsp3) is 0.385. The van der Waals surface area contributed by atoms with Gasteiger partial charge in [-0.1, -0.05) is 19.1 Å². The summed E-state index contributed by atoms with van der Waals surface area (Å²) in [6.45, 7) is 1.87. The Morgan fingerprint density at radius 2 is 2.11 bits per heavy atom. The number of aromatic nitrogens is 4. The van der Waals surface area contributed by atoms with Gasteiger partial charge in [-0.15, -0.1) is 5.10 Å². The van der Waals surface area contributed by atoms with Crippen LogP contribution in [0.25, 0.3) is 0 Å². The molecule has 2 aromatic rings. The number of Topliss-reactive ketones (excluding diaryl/α,β-unsaturated/α-hetero) is 1. The highest BCUT2D eigenvalue weighted by Gasteiger charge is 2.28. The molecule has 1 heterocycles. The number of hydrogen-bond acceptors (Lipinski definition) is 5. The summed E-state index contributed by atoms with van der Waals surface area (Å²) in [5, 5.41) is 12.6. The van der Waals surface area contributed by atoms with E-state index in [-0.39, 0.29) is 5.78 Å². The van der Waals surface area contributed by atoms with Crippen LogP contribution in [0.15, 0.2) is 34.3 Å². The highest BCUT2D eigenvalue weighted by atomic mass is 32.2. The first-order chi connectivity index (χ1) is 9.28. The monoisotopic (exact) mass is 274 g/mol. The maximum absolute atomic E-state index is 11.6. The van der Waals surface area contributed by atoms with Crippen molar-refractivity contribution in [2.75, 3.05) is 0 Å². The summed E-state index contributed by atoms with van der Waals surface area (Å²) in [6.07, 6.45) is 2.84. The largest absolute Gasteiger partial charge is 0.294 e. The lowest BCUT2D eigenvalue weighted by Gasteiger charge is -2.03. The normalized spacial score (nSPS) is 14.6. The zero-order valence-corrected chi connectivity index (χ0v) is 11.4. The van der Waals surface area contributed by atoms with Crippen LogP contribution in [0.1, 0.15) is 42.6 Å². The fourth-order valence-corrected chi connectivity index (χ4v) is 2.66. The summed E-state index contributed by atoms with van der Waals surface area (Å²) < 4.78 is 1.88. The van der Waals surface area contributed by atoms with E-state index < -0.39 is 0 Å². The zero-order chi connectivity index (χ0) is 13.2. The molecule has 1 aromatic heterocycles. The Morgan fingerprint density at radius 3 is 2.74 bits per heavy atom. The molecule has 1 aliphatic carbocycles. The molecule has 0 unspecified atom stereocenters. The van der Waals surface area contributed by atoms with Gasteiger partial charge in [-0.2, -0.15) is 0 Å². The van der Waals surface area contributed by atoms with Crippen molar-refractivity contribution in [2.24, 2.45) is 0 Å². The summed E-state index contributed by atoms with van der Waals surface area (Å²) in [5.74, 6) is 0.166. The predicted molar refractivity (Wildman–Crippen MR) is 71.3 cm³/mol. The van der Waals surface area contributed by atoms with Crippen molar-refractivity contribution in [3.05, 3.63) is 29.8 Å². The second-order valence-electron chi connectivity index (χ2n) is 4.54. The van der Waals surface area contributed by atoms with Crippen LogP contribution < -0.4 is 0 Å². The Bertz CT molecular complexity index is 589. The van der Waals surface area contributed by atoms with E-state index in [1.165, 1.54) is 11.8 Å². The smallest absolute Gasteiger partial charge is 0.214 e. The van der Waals surface area contributed by atoms with Gasteiger partial charge in [0.1, 0.15) is 0 Å². The Kier molecular flexibility index (Phi) is 3.33. The van der Waals surface area contributed by atoms with E-state index in [1.807, 2.05) is 35.9 Å². The van der Waals surface area contributed by atoms with Crippen molar-refractivity contribution in [2.45, 2.75) is 42.3 Å². The first-order valence-corrected chi connectivity index (χ1v) is 7.18. The lowest BCUT2D eigenvalue weighted by Crippen LogP contribution is -1.98. The molecule has 0 N–H and O–H groups in total. The van der Waals surface area contributed by atoms with Crippen molar-refractivity contribution in [1.29, 1.82) is 0 Å². The van der Waals surface area contributed by atoms with Crippen LogP contribution in [0, 0.1) is 0 Å². The van der Waals surface area contributed by atoms with Crippen LogP contribution >= 0.6 is 11.8 Å². The molecule has 0 radical (unpaired) electrons. The Hall–Kier alpha value is -1.69. The minimum absolute atomic E-state index is 0.166. The number of tetrazole rings is 1. The van der Waals surface area contributed by atoms with Crippen LogP contribution in [0.2, 0.25) is 0 Å². The third-order valence-electron chi connectivity index (χ3n) is 3.06. The molecule has 0 saturated heterocycles. The van der Waals surface area contributed by atoms with Gasteiger partial charge >= 0.3 is 0 Å². The van der Waals surface area contributed by atoms with Crippen LogP contribution in [-0.4, -0.2) is 26.0 Å². The fourth-order valence-electron chi connectivity index (χ4n) is 1.82. The van der Waals surface area contributed by atoms with Crippen molar-refractivity contribution >= 4 is 17.5 Å². The van der Waals surface area contributed by atoms with E-state index in [0.717, 1.165) is 28.5 Å². The standard InChI is InChI=1S/C13H14N4OS/c1-2-12(18)9-3-7-11(8-4-9)19-13-14-15-16-17(13)10-5-6-10/h3-4,7-8,10H,2,5-6H2,1H3. The number of hydrogen-bond donors (Lipinski definition) is 0. The summed E-state index contributed by atoms with van der Waals surface area (Å²) in [4.78, 5) is 12.6. The molecule has 0 bridgehead atoms. The van der Waals surface area contributed by atoms with Gasteiger partial charge in [0.15, 0.2) is 5.78 Å². The number of benzene rings is 1. The number of nitrogens with zero attached hydrogens (tertiary/aromatic N) is 4. The number of carbonyl (C=O) groups is 1. The summed E-state index contributed by atoms with van der Waals surface area (Å²) >= 11 is 1.53. The van der Waals surface area contributed by atoms with E-state index in [1.54, 1.807) is 0 Å². The summed E-state index contributed by atoms with van der Waals surface area (Å²) in [7, 11) is 0. The number of rotatable bonds is 5. The molecular formula is C13H14N4OS. The van der Waals surface area contributed by atoms with Crippen LogP contribution in [0.4, 0.5) is 0 Å². The van der Waals surface area contributed by atoms with Gasteiger partial charge in [-0.25, -0.2) is 4.68 Å². The minimum Gasteiger partial charge on any atom is -0.294 e. The molecule has 3 rings (SSSR count). The zero-order valence-electron chi connectivity index (χ0n) is 10.6. The topological polar surface area (TPSA) is 60.7 Å². The molecule has 1 fully saturated rings. The number of ketones is 1. The molecular weight excluding hydrogens is 260 g/mol. The molecule has 6 heteroatoms. The third kappa shape index (κ3) is 2.68. The summed E-state index contributed by atoms with van der Waals surface area (Å²) in [6, 6.07) is 8.08. The van der Waals surface area contributed by atoms with Crippen molar-refractivity contribution < 1.29 is 4.79 Å². The lowest BCUT2D eigenvalue weighted by molar-refractivity contribution is 0.0988. The van der Waals surface area contributed by atoms with Gasteiger partial charge in [-0.3, -0.25) is 4.79 Å². The summed E-state index contributed by atoms with van der Waals surface area (Å²) in [5.41, 5.74) is 0.758. The Balaban J connectivity index is 1.76. The molecule has 1 aromatic carbocycles. The van der Waals surface area contributed by atoms with Gasteiger partial charge in [-0.05, 0) is 47.2 Å². The Labute approximate surface area is 115 Å². The molecule has 0 spiro atoms. The van der Waals surface area contributed by atoms with Gasteiger partial charge in [0.2, 0.25) is 5.16 Å². The molecule has 1 aliphatic rings. The first-order valence-electron chi connectivity index (χ1n) is 6.37. The van der Waals surface area contributed by atoms with Crippen molar-refractivity contribution in [1.82, 2.24) is 20.2 Å². The molecule has 19 heavy (non-hydrogen) atoms. The van der Waals surface area contributed by atoms with Crippen molar-refractivity contribution in [3.63, 3.8) is 0 Å². The van der Waals surface area contributed by atoms with Gasteiger partial charge in [0.05, 0.1) is 6.04 Å². The molecule has 0 aliphatic heterocycles. The molecule has 5 nitrogen and oxygen atoms in total. The van der Waals surface area contributed by atoms with Gasteiger partial charge in [0, 0.05) is 16.9 Å². The van der Waals surface area contributed by atoms with E-state index >= 15 is 0 Å². The van der Waals surface area contributed by atoms with E-state index in [2.05, 4.69) is 15.5 Å². The second-order valence-corrected chi connectivity index (χ2v) is 5.58. The quantitative estimate of drug-likeness (QED) is 0.785. The molecule has 98 valence electrons. The molecule has 1 saturated carbocycles. The Morgan fingerprint density at radius 1 is 1.37 bits per heavy atom. The average Bonchev–Trinajstić information content (AvgIpc) is 3.19. The van der Waals surface area contributed by atoms with E-state index in [4.69, 9.17) is 0 Å². The van der Waals surface area contributed by atoms with Crippen LogP contribution in [-0.2, 0) is 0 Å². The van der Waals surface area contributed by atoms with E-state index in [9.17, 15) is 4.79 Å². The molecule has 0 amide bonds. The van der Waals surface area contributed by atoms with Crippen molar-refractivity contribution in [3.8, 4) is 0 Å². The maximum Gasteiger partial charge on any atom is 0.214 e.